The molecule has 1 aliphatic rings. The average molecular weight is 348 g/mol. The maximum atomic E-state index is 12.9. The normalized spacial score (nSPS) is 21.5. The van der Waals surface area contributed by atoms with E-state index < -0.39 is 0 Å². The van der Waals surface area contributed by atoms with Crippen molar-refractivity contribution < 1.29 is 0 Å². The Hall–Kier alpha value is -2.54. The molecule has 1 aliphatic heterocycles. The number of imidazole rings is 1. The van der Waals surface area contributed by atoms with Crippen LogP contribution in [0, 0.1) is 5.92 Å². The highest BCUT2D eigenvalue weighted by atomic mass is 32.1. The summed E-state index contributed by atoms with van der Waals surface area (Å²) in [6.45, 7) is 0.792. The van der Waals surface area contributed by atoms with Crippen molar-refractivity contribution in [3.05, 3.63) is 75.0 Å². The minimum Gasteiger partial charge on any atom is -0.267 e. The van der Waals surface area contributed by atoms with Gasteiger partial charge in [0.2, 0.25) is 0 Å². The number of fused-ring (bicyclic) bond motifs is 3. The summed E-state index contributed by atoms with van der Waals surface area (Å²) in [6, 6.07) is 18.2. The van der Waals surface area contributed by atoms with E-state index in [9.17, 15) is 4.79 Å². The molecule has 0 spiro atoms. The van der Waals surface area contributed by atoms with Crippen molar-refractivity contribution in [2.45, 2.75) is 6.04 Å². The van der Waals surface area contributed by atoms with Gasteiger partial charge < -0.3 is 0 Å². The molecule has 5 nitrogen and oxygen atoms in total. The van der Waals surface area contributed by atoms with E-state index in [1.807, 2.05) is 42.5 Å². The van der Waals surface area contributed by atoms with E-state index in [0.717, 1.165) is 27.1 Å². The van der Waals surface area contributed by atoms with Crippen LogP contribution in [0.1, 0.15) is 11.6 Å². The fourth-order valence-electron chi connectivity index (χ4n) is 3.48. The van der Waals surface area contributed by atoms with Gasteiger partial charge in [0.1, 0.15) is 0 Å². The van der Waals surface area contributed by atoms with Gasteiger partial charge in [-0.2, -0.15) is 0 Å². The summed E-state index contributed by atoms with van der Waals surface area (Å²) in [5.41, 5.74) is 9.51. The van der Waals surface area contributed by atoms with E-state index in [4.69, 9.17) is 0 Å². The third-order valence-corrected chi connectivity index (χ3v) is 5.68. The van der Waals surface area contributed by atoms with E-state index in [-0.39, 0.29) is 17.5 Å². The Morgan fingerprint density at radius 3 is 2.80 bits per heavy atom. The third kappa shape index (κ3) is 2.38. The first-order valence-electron chi connectivity index (χ1n) is 8.26. The van der Waals surface area contributed by atoms with Crippen molar-refractivity contribution >= 4 is 33.4 Å². The van der Waals surface area contributed by atoms with Crippen LogP contribution in [-0.4, -0.2) is 15.9 Å². The summed E-state index contributed by atoms with van der Waals surface area (Å²) in [4.78, 5) is 18.2. The van der Waals surface area contributed by atoms with Crippen molar-refractivity contribution in [3.63, 3.8) is 0 Å². The quantitative estimate of drug-likeness (QED) is 0.581. The summed E-state index contributed by atoms with van der Waals surface area (Å²) in [5, 5.41) is 0. The second kappa shape index (κ2) is 5.77. The smallest absolute Gasteiger partial charge is 0.267 e. The molecule has 2 unspecified atom stereocenters. The largest absolute Gasteiger partial charge is 0.274 e. The zero-order valence-corrected chi connectivity index (χ0v) is 14.2. The van der Waals surface area contributed by atoms with Gasteiger partial charge in [-0.05, 0) is 17.7 Å². The molecule has 5 rings (SSSR count). The zero-order chi connectivity index (χ0) is 16.8. The number of thiazole rings is 1. The summed E-state index contributed by atoms with van der Waals surface area (Å²) in [6.07, 6.45) is 2.08. The molecule has 25 heavy (non-hydrogen) atoms. The van der Waals surface area contributed by atoms with Gasteiger partial charge >= 0.3 is 0 Å². The number of para-hydroxylation sites is 2. The molecule has 2 atom stereocenters. The Labute approximate surface area is 147 Å². The van der Waals surface area contributed by atoms with Crippen LogP contribution >= 0.6 is 11.3 Å². The molecule has 6 heteroatoms. The van der Waals surface area contributed by atoms with Gasteiger partial charge in [0.15, 0.2) is 4.96 Å². The predicted octanol–water partition coefficient (Wildman–Crippen LogP) is 1.87. The zero-order valence-electron chi connectivity index (χ0n) is 13.3. The molecule has 0 radical (unpaired) electrons. The molecule has 3 heterocycles. The monoisotopic (exact) mass is 348 g/mol. The average Bonchev–Trinajstić information content (AvgIpc) is 3.32. The molecule has 2 aromatic carbocycles. The number of aromatic nitrogens is 2. The lowest BCUT2D eigenvalue weighted by molar-refractivity contribution is 0.551. The molecule has 0 saturated carbocycles. The number of hydrogen-bond acceptors (Lipinski definition) is 5. The van der Waals surface area contributed by atoms with Crippen LogP contribution in [0.3, 0.4) is 0 Å². The highest BCUT2D eigenvalue weighted by Gasteiger charge is 2.26. The second-order valence-electron chi connectivity index (χ2n) is 6.23. The van der Waals surface area contributed by atoms with Gasteiger partial charge in [-0.25, -0.2) is 14.8 Å². The van der Waals surface area contributed by atoms with Crippen LogP contribution < -0.4 is 20.9 Å². The van der Waals surface area contributed by atoms with E-state index in [2.05, 4.69) is 34.0 Å². The van der Waals surface area contributed by atoms with Gasteiger partial charge in [0.05, 0.1) is 21.6 Å². The highest BCUT2D eigenvalue weighted by Crippen LogP contribution is 2.26. The van der Waals surface area contributed by atoms with Crippen molar-refractivity contribution in [1.82, 2.24) is 20.2 Å². The first-order valence-corrected chi connectivity index (χ1v) is 9.08. The topological polar surface area (TPSA) is 58.4 Å². The first-order chi connectivity index (χ1) is 12.3. The summed E-state index contributed by atoms with van der Waals surface area (Å²) >= 11 is 1.46. The Morgan fingerprint density at radius 2 is 1.92 bits per heavy atom. The standard InChI is InChI=1S/C19H16N4OS/c24-18-16(25-19-21-14-8-4-5-9-15(14)23(18)19)10-13-11-20-22-17(13)12-6-2-1-3-7-12/h1-10,13,17,20,22H,11H2/b16-10-. The fraction of sp³-hybridized carbons (Fsp3) is 0.158. The number of nitrogens with one attached hydrogen (secondary N) is 2. The SMILES string of the molecule is O=c1/c(=C/C2CNNC2c2ccccc2)sc2nc3ccccc3n12. The van der Waals surface area contributed by atoms with Crippen molar-refractivity contribution in [2.75, 3.05) is 6.54 Å². The van der Waals surface area contributed by atoms with E-state index in [1.54, 1.807) is 4.40 Å². The van der Waals surface area contributed by atoms with Gasteiger partial charge in [0.25, 0.3) is 5.56 Å². The molecule has 0 bridgehead atoms. The maximum Gasteiger partial charge on any atom is 0.274 e. The van der Waals surface area contributed by atoms with Crippen LogP contribution in [0.15, 0.2) is 59.4 Å². The lowest BCUT2D eigenvalue weighted by Gasteiger charge is -2.15. The predicted molar refractivity (Wildman–Crippen MR) is 100 cm³/mol. The Balaban J connectivity index is 1.63. The summed E-state index contributed by atoms with van der Waals surface area (Å²) in [7, 11) is 0. The second-order valence-corrected chi connectivity index (χ2v) is 7.24. The number of hydrazine groups is 1. The molecular weight excluding hydrogens is 332 g/mol. The lowest BCUT2D eigenvalue weighted by Crippen LogP contribution is -2.26. The van der Waals surface area contributed by atoms with Gasteiger partial charge in [-0.1, -0.05) is 59.9 Å². The van der Waals surface area contributed by atoms with E-state index in [1.165, 1.54) is 16.9 Å². The van der Waals surface area contributed by atoms with Crippen LogP contribution in [0.25, 0.3) is 22.1 Å². The van der Waals surface area contributed by atoms with Crippen LogP contribution in [0.2, 0.25) is 0 Å². The van der Waals surface area contributed by atoms with E-state index in [0.29, 0.717) is 0 Å². The van der Waals surface area contributed by atoms with Crippen LogP contribution in [0.5, 0.6) is 0 Å². The molecule has 2 N–H and O–H groups in total. The summed E-state index contributed by atoms with van der Waals surface area (Å²) in [5.74, 6) is 0.213. The Morgan fingerprint density at radius 1 is 1.12 bits per heavy atom. The number of nitrogens with zero attached hydrogens (tertiary/aromatic N) is 2. The van der Waals surface area contributed by atoms with Crippen LogP contribution in [0.4, 0.5) is 0 Å². The molecule has 0 aliphatic carbocycles. The van der Waals surface area contributed by atoms with E-state index >= 15 is 0 Å². The molecule has 2 aromatic heterocycles. The van der Waals surface area contributed by atoms with Crippen LogP contribution in [-0.2, 0) is 0 Å². The van der Waals surface area contributed by atoms with Gasteiger partial charge in [0, 0.05) is 12.5 Å². The van der Waals surface area contributed by atoms with Crippen molar-refractivity contribution in [2.24, 2.45) is 5.92 Å². The Kier molecular flexibility index (Phi) is 3.41. The molecule has 4 aromatic rings. The first kappa shape index (κ1) is 14.8. The van der Waals surface area contributed by atoms with Gasteiger partial charge in [-0.15, -0.1) is 0 Å². The number of rotatable bonds is 2. The van der Waals surface area contributed by atoms with Crippen molar-refractivity contribution in [3.8, 4) is 0 Å². The van der Waals surface area contributed by atoms with Crippen molar-refractivity contribution in [1.29, 1.82) is 0 Å². The Bertz CT molecular complexity index is 1160. The minimum absolute atomic E-state index is 0.0208. The summed E-state index contributed by atoms with van der Waals surface area (Å²) < 4.78 is 2.48. The highest BCUT2D eigenvalue weighted by molar-refractivity contribution is 7.15. The lowest BCUT2D eigenvalue weighted by atomic mass is 9.95. The number of benzene rings is 2. The maximum absolute atomic E-state index is 12.9. The third-order valence-electron chi connectivity index (χ3n) is 4.69. The molecule has 124 valence electrons. The minimum atomic E-state index is 0.0208. The molecule has 1 saturated heterocycles. The molecule has 0 amide bonds. The molecular formula is C19H16N4OS. The number of hydrogen-bond donors (Lipinski definition) is 2. The van der Waals surface area contributed by atoms with Gasteiger partial charge in [-0.3, -0.25) is 10.2 Å². The molecule has 1 fully saturated rings. The fourth-order valence-corrected chi connectivity index (χ4v) is 4.51.